The lowest BCUT2D eigenvalue weighted by Crippen LogP contribution is -2.33. The van der Waals surface area contributed by atoms with Crippen LogP contribution in [0.5, 0.6) is 0 Å². The summed E-state index contributed by atoms with van der Waals surface area (Å²) in [6.45, 7) is 4.76. The number of rotatable bonds is 4. The van der Waals surface area contributed by atoms with Crippen LogP contribution in [0.1, 0.15) is 32.3 Å². The molecule has 0 aromatic heterocycles. The van der Waals surface area contributed by atoms with E-state index in [9.17, 15) is 8.42 Å². The molecule has 0 aliphatic carbocycles. The van der Waals surface area contributed by atoms with Gasteiger partial charge in [0, 0.05) is 18.3 Å². The Balaban J connectivity index is 2.39. The monoisotopic (exact) mass is 268 g/mol. The Morgan fingerprint density at radius 2 is 2.22 bits per heavy atom. The Kier molecular flexibility index (Phi) is 3.92. The van der Waals surface area contributed by atoms with E-state index < -0.39 is 10.0 Å². The predicted molar refractivity (Wildman–Crippen MR) is 73.3 cm³/mol. The maximum absolute atomic E-state index is 12.3. The zero-order valence-electron chi connectivity index (χ0n) is 10.9. The fraction of sp³-hybridized carbons (Fsp3) is 0.538. The zero-order valence-corrected chi connectivity index (χ0v) is 11.7. The fourth-order valence-corrected chi connectivity index (χ4v) is 3.76. The van der Waals surface area contributed by atoms with Crippen LogP contribution in [-0.2, 0) is 16.4 Å². The topological polar surface area (TPSA) is 58.2 Å². The summed E-state index contributed by atoms with van der Waals surface area (Å²) in [6.07, 6.45) is 2.58. The smallest absolute Gasteiger partial charge is 0.241 e. The van der Waals surface area contributed by atoms with Crippen molar-refractivity contribution in [2.45, 2.75) is 44.0 Å². The highest BCUT2D eigenvalue weighted by atomic mass is 32.2. The van der Waals surface area contributed by atoms with Crippen molar-refractivity contribution in [1.29, 1.82) is 0 Å². The minimum Gasteiger partial charge on any atom is -0.385 e. The molecule has 2 rings (SSSR count). The molecular formula is C13H20N2O2S. The number of hydrogen-bond donors (Lipinski definition) is 2. The number of benzene rings is 1. The van der Waals surface area contributed by atoms with E-state index in [0.29, 0.717) is 4.90 Å². The molecule has 0 saturated carbocycles. The second kappa shape index (κ2) is 5.28. The van der Waals surface area contributed by atoms with Gasteiger partial charge in [-0.05, 0) is 43.9 Å². The first-order chi connectivity index (χ1) is 8.54. The van der Waals surface area contributed by atoms with Gasteiger partial charge in [0.1, 0.15) is 0 Å². The van der Waals surface area contributed by atoms with Gasteiger partial charge in [-0.1, -0.05) is 13.0 Å². The predicted octanol–water partition coefficient (Wildman–Crippen LogP) is 2.12. The third-order valence-electron chi connectivity index (χ3n) is 3.31. The molecule has 18 heavy (non-hydrogen) atoms. The van der Waals surface area contributed by atoms with Gasteiger partial charge in [0.25, 0.3) is 0 Å². The van der Waals surface area contributed by atoms with E-state index in [0.717, 1.165) is 37.1 Å². The summed E-state index contributed by atoms with van der Waals surface area (Å²) in [5.74, 6) is 0. The fourth-order valence-electron chi connectivity index (χ4n) is 2.14. The number of nitrogens with one attached hydrogen (secondary N) is 2. The van der Waals surface area contributed by atoms with Crippen LogP contribution in [0.15, 0.2) is 23.1 Å². The maximum Gasteiger partial charge on any atom is 0.241 e. The number of hydrogen-bond acceptors (Lipinski definition) is 3. The van der Waals surface area contributed by atoms with Gasteiger partial charge in [0.05, 0.1) is 4.90 Å². The lowest BCUT2D eigenvalue weighted by atomic mass is 10.0. The van der Waals surface area contributed by atoms with Crippen LogP contribution < -0.4 is 10.0 Å². The normalized spacial score (nSPS) is 16.8. The first-order valence-corrected chi connectivity index (χ1v) is 7.91. The van der Waals surface area contributed by atoms with E-state index in [1.807, 2.05) is 19.9 Å². The Morgan fingerprint density at radius 1 is 1.44 bits per heavy atom. The average molecular weight is 268 g/mol. The van der Waals surface area contributed by atoms with Crippen LogP contribution in [0.25, 0.3) is 0 Å². The van der Waals surface area contributed by atoms with Gasteiger partial charge in [-0.25, -0.2) is 13.1 Å². The molecule has 4 nitrogen and oxygen atoms in total. The van der Waals surface area contributed by atoms with Crippen molar-refractivity contribution >= 4 is 15.7 Å². The SMILES string of the molecule is CCC(C)NS(=O)(=O)c1cccc2c1CCCN2. The van der Waals surface area contributed by atoms with Crippen molar-refractivity contribution in [3.8, 4) is 0 Å². The van der Waals surface area contributed by atoms with Gasteiger partial charge < -0.3 is 5.32 Å². The van der Waals surface area contributed by atoms with Gasteiger partial charge >= 0.3 is 0 Å². The van der Waals surface area contributed by atoms with Crippen LogP contribution in [0.4, 0.5) is 5.69 Å². The molecule has 1 unspecified atom stereocenters. The highest BCUT2D eigenvalue weighted by Gasteiger charge is 2.23. The minimum atomic E-state index is -3.40. The van der Waals surface area contributed by atoms with Crippen molar-refractivity contribution in [3.05, 3.63) is 23.8 Å². The van der Waals surface area contributed by atoms with Crippen molar-refractivity contribution < 1.29 is 8.42 Å². The summed E-state index contributed by atoms with van der Waals surface area (Å²) < 4.78 is 27.4. The zero-order chi connectivity index (χ0) is 13.2. The minimum absolute atomic E-state index is 0.0394. The van der Waals surface area contributed by atoms with E-state index >= 15 is 0 Å². The molecule has 1 aromatic rings. The largest absolute Gasteiger partial charge is 0.385 e. The Morgan fingerprint density at radius 3 is 2.94 bits per heavy atom. The Labute approximate surface area is 109 Å². The maximum atomic E-state index is 12.3. The van der Waals surface area contributed by atoms with Crippen LogP contribution in [0, 0.1) is 0 Å². The summed E-state index contributed by atoms with van der Waals surface area (Å²) >= 11 is 0. The summed E-state index contributed by atoms with van der Waals surface area (Å²) in [6, 6.07) is 5.39. The van der Waals surface area contributed by atoms with Crippen LogP contribution in [0.3, 0.4) is 0 Å². The molecule has 1 aromatic carbocycles. The summed E-state index contributed by atoms with van der Waals surface area (Å²) in [5, 5.41) is 3.25. The van der Waals surface area contributed by atoms with Crippen LogP contribution in [-0.4, -0.2) is 21.0 Å². The summed E-state index contributed by atoms with van der Waals surface area (Å²) in [7, 11) is -3.40. The van der Waals surface area contributed by atoms with E-state index in [4.69, 9.17) is 0 Å². The van der Waals surface area contributed by atoms with Crippen molar-refractivity contribution in [2.24, 2.45) is 0 Å². The molecule has 0 saturated heterocycles. The van der Waals surface area contributed by atoms with E-state index in [-0.39, 0.29) is 6.04 Å². The van der Waals surface area contributed by atoms with Gasteiger partial charge in [0.2, 0.25) is 10.0 Å². The van der Waals surface area contributed by atoms with Crippen molar-refractivity contribution in [3.63, 3.8) is 0 Å². The molecule has 1 aliphatic heterocycles. The molecule has 1 heterocycles. The van der Waals surface area contributed by atoms with Crippen molar-refractivity contribution in [2.75, 3.05) is 11.9 Å². The summed E-state index contributed by atoms with van der Waals surface area (Å²) in [5.41, 5.74) is 1.87. The summed E-state index contributed by atoms with van der Waals surface area (Å²) in [4.78, 5) is 0.424. The highest BCUT2D eigenvalue weighted by molar-refractivity contribution is 7.89. The number of anilines is 1. The Bertz CT molecular complexity index is 526. The first-order valence-electron chi connectivity index (χ1n) is 6.42. The van der Waals surface area contributed by atoms with Crippen LogP contribution >= 0.6 is 0 Å². The highest BCUT2D eigenvalue weighted by Crippen LogP contribution is 2.28. The third kappa shape index (κ3) is 2.67. The van der Waals surface area contributed by atoms with E-state index in [2.05, 4.69) is 10.0 Å². The quantitative estimate of drug-likeness (QED) is 0.879. The van der Waals surface area contributed by atoms with E-state index in [1.165, 1.54) is 0 Å². The molecule has 2 N–H and O–H groups in total. The van der Waals surface area contributed by atoms with E-state index in [1.54, 1.807) is 12.1 Å². The second-order valence-electron chi connectivity index (χ2n) is 4.74. The Hall–Kier alpha value is -1.07. The molecule has 100 valence electrons. The molecule has 0 fully saturated rings. The standard InChI is InChI=1S/C13H20N2O2S/c1-3-10(2)15-18(16,17)13-8-4-7-12-11(13)6-5-9-14-12/h4,7-8,10,14-15H,3,5-6,9H2,1-2H3. The molecule has 5 heteroatoms. The van der Waals surface area contributed by atoms with Gasteiger partial charge in [-0.3, -0.25) is 0 Å². The van der Waals surface area contributed by atoms with Gasteiger partial charge in [-0.2, -0.15) is 0 Å². The lowest BCUT2D eigenvalue weighted by Gasteiger charge is -2.21. The lowest BCUT2D eigenvalue weighted by molar-refractivity contribution is 0.554. The van der Waals surface area contributed by atoms with Gasteiger partial charge in [0.15, 0.2) is 0 Å². The molecule has 1 atom stereocenters. The molecule has 0 amide bonds. The molecule has 0 radical (unpaired) electrons. The molecule has 0 spiro atoms. The number of fused-ring (bicyclic) bond motifs is 1. The average Bonchev–Trinajstić information content (AvgIpc) is 2.37. The van der Waals surface area contributed by atoms with Crippen molar-refractivity contribution in [1.82, 2.24) is 4.72 Å². The third-order valence-corrected chi connectivity index (χ3v) is 4.98. The molecular weight excluding hydrogens is 248 g/mol. The number of sulfonamides is 1. The van der Waals surface area contributed by atoms with Gasteiger partial charge in [-0.15, -0.1) is 0 Å². The second-order valence-corrected chi connectivity index (χ2v) is 6.43. The first kappa shape index (κ1) is 13.4. The van der Waals surface area contributed by atoms with Crippen LogP contribution in [0.2, 0.25) is 0 Å². The molecule has 1 aliphatic rings. The molecule has 0 bridgehead atoms.